The number of nitrogens with one attached hydrogen (secondary N) is 1. The molecular formula is C15H21N3O3S2. The number of thiazole rings is 1. The summed E-state index contributed by atoms with van der Waals surface area (Å²) < 4.78 is 29.7. The van der Waals surface area contributed by atoms with Gasteiger partial charge in [0.15, 0.2) is 9.86 Å². The van der Waals surface area contributed by atoms with Gasteiger partial charge in [0.05, 0.1) is 5.69 Å². The maximum absolute atomic E-state index is 12.8. The lowest BCUT2D eigenvalue weighted by molar-refractivity contribution is 0.310. The molecule has 6 nitrogen and oxygen atoms in total. The second-order valence-electron chi connectivity index (χ2n) is 6.32. The number of nitrogens with zero attached hydrogens (tertiary/aromatic N) is 2. The van der Waals surface area contributed by atoms with Crippen LogP contribution in [-0.4, -0.2) is 23.8 Å². The maximum atomic E-state index is 12.8. The molecule has 1 fully saturated rings. The van der Waals surface area contributed by atoms with Crippen molar-refractivity contribution in [3.63, 3.8) is 0 Å². The quantitative estimate of drug-likeness (QED) is 0.915. The minimum Gasteiger partial charge on any atom is -0.267 e. The highest BCUT2D eigenvalue weighted by Gasteiger charge is 2.30. The van der Waals surface area contributed by atoms with E-state index in [1.54, 1.807) is 19.2 Å². The van der Waals surface area contributed by atoms with Crippen LogP contribution in [0.4, 0.5) is 0 Å². The minimum absolute atomic E-state index is 0.114. The second-order valence-corrected chi connectivity index (χ2v) is 8.80. The molecule has 3 rings (SSSR count). The molecule has 1 saturated carbocycles. The van der Waals surface area contributed by atoms with E-state index in [1.807, 2.05) is 0 Å². The Hall–Kier alpha value is -1.25. The van der Waals surface area contributed by atoms with Crippen LogP contribution in [0.5, 0.6) is 0 Å². The summed E-state index contributed by atoms with van der Waals surface area (Å²) >= 11 is 1.33. The third kappa shape index (κ3) is 2.95. The molecule has 0 saturated heterocycles. The van der Waals surface area contributed by atoms with Crippen molar-refractivity contribution in [2.45, 2.75) is 57.4 Å². The summed E-state index contributed by atoms with van der Waals surface area (Å²) in [6, 6.07) is -0.114. The summed E-state index contributed by atoms with van der Waals surface area (Å²) in [5, 5.41) is 1.80. The van der Waals surface area contributed by atoms with Gasteiger partial charge in [0.2, 0.25) is 10.0 Å². The molecular weight excluding hydrogens is 334 g/mol. The van der Waals surface area contributed by atoms with Crippen molar-refractivity contribution in [1.82, 2.24) is 14.1 Å². The molecule has 0 aromatic carbocycles. The van der Waals surface area contributed by atoms with Gasteiger partial charge in [0.1, 0.15) is 0 Å². The van der Waals surface area contributed by atoms with Crippen molar-refractivity contribution in [3.05, 3.63) is 27.1 Å². The van der Waals surface area contributed by atoms with E-state index in [9.17, 15) is 13.2 Å². The zero-order chi connectivity index (χ0) is 16.8. The molecule has 1 aliphatic carbocycles. The van der Waals surface area contributed by atoms with Crippen molar-refractivity contribution >= 4 is 26.3 Å². The van der Waals surface area contributed by atoms with Crippen molar-refractivity contribution in [1.29, 1.82) is 0 Å². The number of hydrogen-bond donors (Lipinski definition) is 1. The van der Waals surface area contributed by atoms with Crippen LogP contribution in [0, 0.1) is 19.8 Å². The van der Waals surface area contributed by atoms with Crippen molar-refractivity contribution in [2.24, 2.45) is 5.92 Å². The van der Waals surface area contributed by atoms with Crippen LogP contribution in [-0.2, 0) is 10.0 Å². The van der Waals surface area contributed by atoms with Gasteiger partial charge in [-0.1, -0.05) is 19.8 Å². The maximum Gasteiger partial charge on any atom is 0.279 e. The van der Waals surface area contributed by atoms with Crippen molar-refractivity contribution < 1.29 is 8.42 Å². The lowest BCUT2D eigenvalue weighted by Gasteiger charge is -2.29. The number of fused-ring (bicyclic) bond motifs is 1. The summed E-state index contributed by atoms with van der Waals surface area (Å²) in [4.78, 5) is 17.3. The van der Waals surface area contributed by atoms with Gasteiger partial charge < -0.3 is 0 Å². The van der Waals surface area contributed by atoms with Crippen LogP contribution < -0.4 is 10.3 Å². The molecule has 2 atom stereocenters. The van der Waals surface area contributed by atoms with Crippen LogP contribution in [0.2, 0.25) is 0 Å². The van der Waals surface area contributed by atoms with Gasteiger partial charge >= 0.3 is 0 Å². The minimum atomic E-state index is -3.88. The molecule has 2 aromatic rings. The van der Waals surface area contributed by atoms with Crippen LogP contribution in [0.1, 0.15) is 44.0 Å². The largest absolute Gasteiger partial charge is 0.279 e. The fourth-order valence-electron chi connectivity index (χ4n) is 3.23. The first-order valence-corrected chi connectivity index (χ1v) is 10.2. The second kappa shape index (κ2) is 5.99. The molecule has 23 heavy (non-hydrogen) atoms. The summed E-state index contributed by atoms with van der Waals surface area (Å²) in [6.45, 7) is 5.40. The topological polar surface area (TPSA) is 80.5 Å². The number of aromatic nitrogens is 2. The molecule has 0 aliphatic heterocycles. The monoisotopic (exact) mass is 355 g/mol. The van der Waals surface area contributed by atoms with E-state index < -0.39 is 15.6 Å². The number of sulfonamides is 1. The zero-order valence-corrected chi connectivity index (χ0v) is 15.1. The smallest absolute Gasteiger partial charge is 0.267 e. The van der Waals surface area contributed by atoms with E-state index in [4.69, 9.17) is 0 Å². The summed E-state index contributed by atoms with van der Waals surface area (Å²) in [5.41, 5.74) is 0.444. The third-order valence-electron chi connectivity index (χ3n) is 4.55. The summed E-state index contributed by atoms with van der Waals surface area (Å²) in [7, 11) is -3.88. The molecule has 0 bridgehead atoms. The van der Waals surface area contributed by atoms with Gasteiger partial charge in [-0.2, -0.15) is 0 Å². The standard InChI is InChI=1S/C15H21N3O3S2/c1-9-6-4-5-7-12(9)17-23(20,21)13-11(3)16-15-18(14(13)19)10(2)8-22-15/h8-9,12,17H,4-7H2,1-3H3. The van der Waals surface area contributed by atoms with E-state index in [0.29, 0.717) is 10.7 Å². The van der Waals surface area contributed by atoms with Crippen LogP contribution >= 0.6 is 11.3 Å². The number of aryl methyl sites for hydroxylation is 2. The van der Waals surface area contributed by atoms with Gasteiger partial charge in [-0.05, 0) is 32.6 Å². The molecule has 8 heteroatoms. The Balaban J connectivity index is 2.07. The van der Waals surface area contributed by atoms with Crippen LogP contribution in [0.3, 0.4) is 0 Å². The average molecular weight is 355 g/mol. The number of rotatable bonds is 3. The third-order valence-corrected chi connectivity index (χ3v) is 7.12. The molecule has 2 aromatic heterocycles. The average Bonchev–Trinajstić information content (AvgIpc) is 2.82. The lowest BCUT2D eigenvalue weighted by atomic mass is 9.87. The van der Waals surface area contributed by atoms with E-state index in [1.165, 1.54) is 15.7 Å². The summed E-state index contributed by atoms with van der Waals surface area (Å²) in [5.74, 6) is 0.279. The van der Waals surface area contributed by atoms with Crippen LogP contribution in [0.15, 0.2) is 15.1 Å². The fraction of sp³-hybridized carbons (Fsp3) is 0.600. The Kier molecular flexibility index (Phi) is 4.33. The normalized spacial score (nSPS) is 22.6. The molecule has 0 radical (unpaired) electrons. The van der Waals surface area contributed by atoms with Crippen molar-refractivity contribution in [2.75, 3.05) is 0 Å². The zero-order valence-electron chi connectivity index (χ0n) is 13.5. The van der Waals surface area contributed by atoms with Gasteiger partial charge in [-0.25, -0.2) is 18.1 Å². The Bertz CT molecular complexity index is 899. The van der Waals surface area contributed by atoms with Gasteiger partial charge in [-0.3, -0.25) is 9.20 Å². The van der Waals surface area contributed by atoms with E-state index in [-0.39, 0.29) is 22.5 Å². The van der Waals surface area contributed by atoms with Crippen molar-refractivity contribution in [3.8, 4) is 0 Å². The summed E-state index contributed by atoms with van der Waals surface area (Å²) in [6.07, 6.45) is 3.96. The molecule has 2 unspecified atom stereocenters. The Morgan fingerprint density at radius 3 is 2.70 bits per heavy atom. The Labute approximate surface area is 139 Å². The lowest BCUT2D eigenvalue weighted by Crippen LogP contribution is -2.43. The fourth-order valence-corrected chi connectivity index (χ4v) is 5.75. The van der Waals surface area contributed by atoms with E-state index in [0.717, 1.165) is 25.7 Å². The molecule has 126 valence electrons. The highest BCUT2D eigenvalue weighted by molar-refractivity contribution is 7.89. The molecule has 0 amide bonds. The highest BCUT2D eigenvalue weighted by atomic mass is 32.2. The molecule has 1 aliphatic rings. The Morgan fingerprint density at radius 1 is 1.30 bits per heavy atom. The first-order valence-electron chi connectivity index (χ1n) is 7.81. The van der Waals surface area contributed by atoms with Crippen LogP contribution in [0.25, 0.3) is 4.96 Å². The van der Waals surface area contributed by atoms with Gasteiger partial charge in [0, 0.05) is 17.1 Å². The van der Waals surface area contributed by atoms with Gasteiger partial charge in [0.25, 0.3) is 5.56 Å². The predicted molar refractivity (Wildman–Crippen MR) is 90.6 cm³/mol. The van der Waals surface area contributed by atoms with E-state index in [2.05, 4.69) is 16.6 Å². The Morgan fingerprint density at radius 2 is 2.00 bits per heavy atom. The molecule has 1 N–H and O–H groups in total. The van der Waals surface area contributed by atoms with E-state index >= 15 is 0 Å². The predicted octanol–water partition coefficient (Wildman–Crippen LogP) is 2.23. The first-order chi connectivity index (χ1) is 10.8. The molecule has 2 heterocycles. The first kappa shape index (κ1) is 16.6. The van der Waals surface area contributed by atoms with Gasteiger partial charge in [-0.15, -0.1) is 11.3 Å². The number of hydrogen-bond acceptors (Lipinski definition) is 5. The SMILES string of the molecule is Cc1nc2scc(C)n2c(=O)c1S(=O)(=O)NC1CCCCC1C. The highest BCUT2D eigenvalue weighted by Crippen LogP contribution is 2.25. The molecule has 0 spiro atoms.